The summed E-state index contributed by atoms with van der Waals surface area (Å²) in [7, 11) is 1.53. The zero-order valence-electron chi connectivity index (χ0n) is 11.9. The van der Waals surface area contributed by atoms with Gasteiger partial charge in [-0.15, -0.1) is 0 Å². The Labute approximate surface area is 118 Å². The molecule has 1 unspecified atom stereocenters. The van der Waals surface area contributed by atoms with Gasteiger partial charge < -0.3 is 9.47 Å². The molecule has 0 heterocycles. The van der Waals surface area contributed by atoms with Crippen LogP contribution < -0.4 is 4.74 Å². The molecule has 4 heteroatoms. The van der Waals surface area contributed by atoms with Gasteiger partial charge in [0, 0.05) is 19.1 Å². The molecule has 104 valence electrons. The molecule has 0 saturated carbocycles. The minimum absolute atomic E-state index is 0.0385. The van der Waals surface area contributed by atoms with Crippen LogP contribution in [-0.4, -0.2) is 19.7 Å². The summed E-state index contributed by atoms with van der Waals surface area (Å²) < 4.78 is 10.6. The van der Waals surface area contributed by atoms with Crippen LogP contribution in [0.3, 0.4) is 0 Å². The largest absolute Gasteiger partial charge is 0.466 e. The van der Waals surface area contributed by atoms with Crippen LogP contribution in [0.15, 0.2) is 12.1 Å². The number of carbonyl (C=O) groups is 1. The Hall–Kier alpha value is -2.12. The predicted molar refractivity (Wildman–Crippen MR) is 75.7 cm³/mol. The van der Waals surface area contributed by atoms with Crippen LogP contribution in [0, 0.1) is 18.3 Å². The third-order valence-electron chi connectivity index (χ3n) is 3.41. The number of allylic oxidation sites excluding steroid dienone is 1. The molecule has 0 radical (unpaired) electrons. The van der Waals surface area contributed by atoms with Gasteiger partial charge in [0.25, 0.3) is 0 Å². The number of nitrogens with zero attached hydrogens (tertiary/aromatic N) is 1. The van der Waals surface area contributed by atoms with E-state index in [-0.39, 0.29) is 24.9 Å². The first kappa shape index (κ1) is 14.3. The Bertz CT molecular complexity index is 611. The molecule has 1 aliphatic rings. The number of ether oxygens (including phenoxy) is 2. The Morgan fingerprint density at radius 3 is 2.90 bits per heavy atom. The van der Waals surface area contributed by atoms with E-state index >= 15 is 0 Å². The van der Waals surface area contributed by atoms with Crippen molar-refractivity contribution in [1.82, 2.24) is 0 Å². The first-order valence-corrected chi connectivity index (χ1v) is 6.48. The van der Waals surface area contributed by atoms with Crippen molar-refractivity contribution < 1.29 is 14.3 Å². The maximum absolute atomic E-state index is 12.2. The van der Waals surface area contributed by atoms with Gasteiger partial charge in [0.15, 0.2) is 12.6 Å². The number of hydrogen-bond acceptors (Lipinski definition) is 4. The summed E-state index contributed by atoms with van der Waals surface area (Å²) in [6.07, 6.45) is 4.04. The average molecular weight is 271 g/mol. The third kappa shape index (κ3) is 2.33. The monoisotopic (exact) mass is 271 g/mol. The quantitative estimate of drug-likeness (QED) is 0.789. The second-order valence-corrected chi connectivity index (χ2v) is 4.76. The molecular formula is C16H17NO3. The summed E-state index contributed by atoms with van der Waals surface area (Å²) in [6.45, 7) is 3.93. The highest BCUT2D eigenvalue weighted by molar-refractivity contribution is 6.05. The van der Waals surface area contributed by atoms with E-state index in [1.165, 1.54) is 7.11 Å². The Morgan fingerprint density at radius 2 is 2.30 bits per heavy atom. The zero-order chi connectivity index (χ0) is 14.7. The molecule has 0 N–H and O–H groups in total. The summed E-state index contributed by atoms with van der Waals surface area (Å²) >= 11 is 0. The smallest absolute Gasteiger partial charge is 0.188 e. The SMILES string of the molecule is C/C=C/c1c(C)cc2c(c1OCOC)C(=O)CC2C#N. The van der Waals surface area contributed by atoms with Gasteiger partial charge in [-0.05, 0) is 25.0 Å². The number of rotatable bonds is 4. The van der Waals surface area contributed by atoms with Gasteiger partial charge in [-0.2, -0.15) is 5.26 Å². The van der Waals surface area contributed by atoms with E-state index in [0.717, 1.165) is 16.7 Å². The normalized spacial score (nSPS) is 17.3. The standard InChI is InChI=1S/C16H17NO3/c1-4-5-12-10(2)6-13-11(8-17)7-14(18)15(13)16(12)20-9-19-3/h4-6,11H,7,9H2,1-3H3/b5-4+. The summed E-state index contributed by atoms with van der Waals surface area (Å²) in [6, 6.07) is 4.11. The van der Waals surface area contributed by atoms with Crippen molar-refractivity contribution in [1.29, 1.82) is 5.26 Å². The molecule has 2 rings (SSSR count). The Balaban J connectivity index is 2.67. The Kier molecular flexibility index (Phi) is 4.21. The van der Waals surface area contributed by atoms with E-state index in [1.54, 1.807) is 0 Å². The second-order valence-electron chi connectivity index (χ2n) is 4.76. The highest BCUT2D eigenvalue weighted by Crippen LogP contribution is 2.42. The number of ketones is 1. The molecular weight excluding hydrogens is 254 g/mol. The van der Waals surface area contributed by atoms with Crippen molar-refractivity contribution >= 4 is 11.9 Å². The number of benzene rings is 1. The van der Waals surface area contributed by atoms with Crippen molar-refractivity contribution in [2.24, 2.45) is 0 Å². The lowest BCUT2D eigenvalue weighted by Crippen LogP contribution is -2.07. The van der Waals surface area contributed by atoms with Crippen molar-refractivity contribution in [3.63, 3.8) is 0 Å². The van der Waals surface area contributed by atoms with E-state index in [9.17, 15) is 10.1 Å². The number of Topliss-reactive ketones (excluding diaryl/α,β-unsaturated/α-hetero) is 1. The summed E-state index contributed by atoms with van der Waals surface area (Å²) in [5.41, 5.74) is 3.17. The molecule has 0 aliphatic heterocycles. The maximum atomic E-state index is 12.2. The van der Waals surface area contributed by atoms with Crippen molar-refractivity contribution in [3.05, 3.63) is 34.4 Å². The molecule has 0 fully saturated rings. The van der Waals surface area contributed by atoms with Crippen LogP contribution in [0.2, 0.25) is 0 Å². The van der Waals surface area contributed by atoms with Crippen LogP contribution in [-0.2, 0) is 4.74 Å². The van der Waals surface area contributed by atoms with Crippen LogP contribution in [0.4, 0.5) is 0 Å². The van der Waals surface area contributed by atoms with Gasteiger partial charge in [-0.3, -0.25) is 4.79 Å². The molecule has 20 heavy (non-hydrogen) atoms. The molecule has 0 amide bonds. The number of nitriles is 1. The molecule has 1 atom stereocenters. The highest BCUT2D eigenvalue weighted by atomic mass is 16.7. The Morgan fingerprint density at radius 1 is 1.55 bits per heavy atom. The molecule has 0 spiro atoms. The molecule has 0 bridgehead atoms. The number of fused-ring (bicyclic) bond motifs is 1. The van der Waals surface area contributed by atoms with Gasteiger partial charge in [0.05, 0.1) is 17.6 Å². The van der Waals surface area contributed by atoms with Gasteiger partial charge in [0.1, 0.15) is 5.75 Å². The maximum Gasteiger partial charge on any atom is 0.188 e. The first-order valence-electron chi connectivity index (χ1n) is 6.48. The van der Waals surface area contributed by atoms with E-state index in [0.29, 0.717) is 11.3 Å². The highest BCUT2D eigenvalue weighted by Gasteiger charge is 2.34. The summed E-state index contributed by atoms with van der Waals surface area (Å²) in [5, 5.41) is 9.18. The van der Waals surface area contributed by atoms with Crippen molar-refractivity contribution in [2.75, 3.05) is 13.9 Å². The fraction of sp³-hybridized carbons (Fsp3) is 0.375. The van der Waals surface area contributed by atoms with E-state index in [1.807, 2.05) is 32.1 Å². The fourth-order valence-corrected chi connectivity index (χ4v) is 2.54. The van der Waals surface area contributed by atoms with E-state index in [4.69, 9.17) is 9.47 Å². The average Bonchev–Trinajstić information content (AvgIpc) is 2.75. The second kappa shape index (κ2) is 5.89. The number of hydrogen-bond donors (Lipinski definition) is 0. The minimum atomic E-state index is -0.374. The van der Waals surface area contributed by atoms with Gasteiger partial charge in [-0.1, -0.05) is 18.2 Å². The van der Waals surface area contributed by atoms with Crippen LogP contribution in [0.25, 0.3) is 6.08 Å². The topological polar surface area (TPSA) is 59.3 Å². The van der Waals surface area contributed by atoms with Crippen LogP contribution in [0.1, 0.15) is 46.3 Å². The fourth-order valence-electron chi connectivity index (χ4n) is 2.54. The number of carbonyl (C=O) groups excluding carboxylic acids is 1. The van der Waals surface area contributed by atoms with Crippen molar-refractivity contribution in [3.8, 4) is 11.8 Å². The van der Waals surface area contributed by atoms with Gasteiger partial charge in [0.2, 0.25) is 0 Å². The minimum Gasteiger partial charge on any atom is -0.466 e. The van der Waals surface area contributed by atoms with Crippen LogP contribution >= 0.6 is 0 Å². The number of methoxy groups -OCH3 is 1. The van der Waals surface area contributed by atoms with Crippen molar-refractivity contribution in [2.45, 2.75) is 26.2 Å². The molecule has 0 saturated heterocycles. The molecule has 1 aromatic rings. The van der Waals surface area contributed by atoms with Crippen LogP contribution in [0.5, 0.6) is 5.75 Å². The summed E-state index contributed by atoms with van der Waals surface area (Å²) in [5.74, 6) is 0.117. The predicted octanol–water partition coefficient (Wildman–Crippen LogP) is 3.20. The third-order valence-corrected chi connectivity index (χ3v) is 3.41. The van der Waals surface area contributed by atoms with E-state index < -0.39 is 0 Å². The molecule has 4 nitrogen and oxygen atoms in total. The number of aryl methyl sites for hydroxylation is 1. The molecule has 0 aromatic heterocycles. The van der Waals surface area contributed by atoms with E-state index in [2.05, 4.69) is 6.07 Å². The molecule has 1 aromatic carbocycles. The van der Waals surface area contributed by atoms with Gasteiger partial charge in [-0.25, -0.2) is 0 Å². The lowest BCUT2D eigenvalue weighted by Gasteiger charge is -2.15. The lowest BCUT2D eigenvalue weighted by molar-refractivity contribution is 0.0501. The molecule has 1 aliphatic carbocycles. The first-order chi connectivity index (χ1) is 9.63. The summed E-state index contributed by atoms with van der Waals surface area (Å²) in [4.78, 5) is 12.2. The zero-order valence-corrected chi connectivity index (χ0v) is 11.9. The lowest BCUT2D eigenvalue weighted by atomic mass is 9.95. The van der Waals surface area contributed by atoms with Gasteiger partial charge >= 0.3 is 0 Å².